The zero-order valence-corrected chi connectivity index (χ0v) is 31.8. The molecular weight excluding hydrogens is 643 g/mol. The zero-order chi connectivity index (χ0) is 36.5. The van der Waals surface area contributed by atoms with Gasteiger partial charge in [0.2, 0.25) is 0 Å². The molecule has 0 N–H and O–H groups in total. The number of hydrogen-bond acceptors (Lipinski definition) is 2. The van der Waals surface area contributed by atoms with Crippen molar-refractivity contribution in [2.75, 3.05) is 36.0 Å². The van der Waals surface area contributed by atoms with Crippen molar-refractivity contribution in [3.8, 4) is 0 Å². The van der Waals surface area contributed by atoms with Crippen molar-refractivity contribution in [2.45, 2.75) is 52.9 Å². The average Bonchev–Trinajstić information content (AvgIpc) is 3.23. The molecule has 7 aromatic rings. The lowest BCUT2D eigenvalue weighted by Gasteiger charge is -2.35. The molecule has 53 heavy (non-hydrogen) atoms. The van der Waals surface area contributed by atoms with Crippen molar-refractivity contribution >= 4 is 55.7 Å². The summed E-state index contributed by atoms with van der Waals surface area (Å²) in [5.74, 6) is 0. The van der Waals surface area contributed by atoms with E-state index in [2.05, 4.69) is 194 Å². The Labute approximate surface area is 317 Å². The maximum absolute atomic E-state index is 2.47. The third-order valence-electron chi connectivity index (χ3n) is 11.4. The number of quaternary nitrogens is 1. The van der Waals surface area contributed by atoms with Crippen LogP contribution in [0.3, 0.4) is 0 Å². The van der Waals surface area contributed by atoms with Crippen LogP contribution in [-0.2, 0) is 6.42 Å². The molecule has 0 saturated heterocycles. The largest absolute Gasteiger partial charge is 0.324 e. The standard InChI is InChI=1S/C50H54N3/c1-4-53(5-2,6-3)39-23-8-7-12-24-40-35-37-44(38-36-40)52(43-29-17-11-18-30-43)50-47-33-21-19-31-45(47)49(46-32-20-22-34-48(46)50)51(41-25-13-9-14-26-41)42-27-15-10-16-28-42/h9-11,13-22,25-38H,4-8,12,23-24,39H2,1-3H3/q+1. The van der Waals surface area contributed by atoms with Crippen LogP contribution in [0.1, 0.15) is 52.0 Å². The SMILES string of the molecule is CC[N+](CC)(CC)CCCCCCc1ccc(N(c2ccccc2)c2c3ccccc3c(N(c3ccccc3)c3ccccc3)c3ccccc23)cc1. The Hall–Kier alpha value is -5.38. The summed E-state index contributed by atoms with van der Waals surface area (Å²) in [5, 5.41) is 4.84. The topological polar surface area (TPSA) is 6.48 Å². The molecule has 0 spiro atoms. The minimum Gasteiger partial charge on any atom is -0.324 e. The molecule has 0 radical (unpaired) electrons. The van der Waals surface area contributed by atoms with Gasteiger partial charge in [-0.2, -0.15) is 0 Å². The molecule has 7 rings (SSSR count). The van der Waals surface area contributed by atoms with Crippen LogP contribution in [0.2, 0.25) is 0 Å². The van der Waals surface area contributed by atoms with Crippen molar-refractivity contribution in [3.05, 3.63) is 169 Å². The first kappa shape index (κ1) is 36.0. The molecule has 0 aromatic heterocycles. The normalized spacial score (nSPS) is 11.6. The molecule has 3 nitrogen and oxygen atoms in total. The summed E-state index contributed by atoms with van der Waals surface area (Å²) in [7, 11) is 0. The van der Waals surface area contributed by atoms with Crippen LogP contribution in [0.15, 0.2) is 164 Å². The highest BCUT2D eigenvalue weighted by molar-refractivity contribution is 6.23. The van der Waals surface area contributed by atoms with Gasteiger partial charge in [-0.15, -0.1) is 0 Å². The van der Waals surface area contributed by atoms with E-state index in [0.717, 1.165) is 23.5 Å². The van der Waals surface area contributed by atoms with Gasteiger partial charge in [0.15, 0.2) is 0 Å². The summed E-state index contributed by atoms with van der Waals surface area (Å²) in [4.78, 5) is 4.89. The van der Waals surface area contributed by atoms with Crippen molar-refractivity contribution in [3.63, 3.8) is 0 Å². The Bertz CT molecular complexity index is 2090. The number of para-hydroxylation sites is 3. The highest BCUT2D eigenvalue weighted by Gasteiger charge is 2.25. The summed E-state index contributed by atoms with van der Waals surface area (Å²) < 4.78 is 1.25. The van der Waals surface area contributed by atoms with Gasteiger partial charge in [-0.05, 0) is 101 Å². The molecule has 3 heteroatoms. The quantitative estimate of drug-likeness (QED) is 0.0429. The van der Waals surface area contributed by atoms with Crippen LogP contribution in [0.25, 0.3) is 21.5 Å². The monoisotopic (exact) mass is 696 g/mol. The summed E-state index contributed by atoms with van der Waals surface area (Å²) in [6.45, 7) is 12.1. The van der Waals surface area contributed by atoms with E-state index in [4.69, 9.17) is 0 Å². The molecule has 0 saturated carbocycles. The molecular formula is C50H54N3+. The second kappa shape index (κ2) is 17.0. The van der Waals surface area contributed by atoms with Crippen molar-refractivity contribution in [1.82, 2.24) is 0 Å². The molecule has 268 valence electrons. The van der Waals surface area contributed by atoms with E-state index < -0.39 is 0 Å². The first-order valence-electron chi connectivity index (χ1n) is 19.8. The van der Waals surface area contributed by atoms with Crippen LogP contribution in [0, 0.1) is 0 Å². The molecule has 0 aliphatic carbocycles. The predicted molar refractivity (Wildman–Crippen MR) is 230 cm³/mol. The fraction of sp³-hybridized carbons (Fsp3) is 0.240. The van der Waals surface area contributed by atoms with E-state index in [0.29, 0.717) is 0 Å². The molecule has 0 heterocycles. The minimum absolute atomic E-state index is 1.12. The van der Waals surface area contributed by atoms with E-state index in [1.165, 1.54) is 101 Å². The van der Waals surface area contributed by atoms with Gasteiger partial charge in [-0.3, -0.25) is 0 Å². The Morgan fingerprint density at radius 2 is 0.698 bits per heavy atom. The summed E-state index contributed by atoms with van der Waals surface area (Å²) in [5.41, 5.74) is 8.37. The third-order valence-corrected chi connectivity index (χ3v) is 11.4. The Morgan fingerprint density at radius 3 is 1.08 bits per heavy atom. The minimum atomic E-state index is 1.12. The van der Waals surface area contributed by atoms with Crippen molar-refractivity contribution < 1.29 is 4.48 Å². The average molecular weight is 697 g/mol. The third kappa shape index (κ3) is 7.72. The van der Waals surface area contributed by atoms with Gasteiger partial charge in [0.1, 0.15) is 0 Å². The maximum atomic E-state index is 2.47. The lowest BCUT2D eigenvalue weighted by atomic mass is 9.95. The number of aryl methyl sites for hydroxylation is 1. The predicted octanol–water partition coefficient (Wildman–Crippen LogP) is 13.9. The van der Waals surface area contributed by atoms with E-state index in [1.54, 1.807) is 0 Å². The smallest absolute Gasteiger partial charge is 0.0786 e. The van der Waals surface area contributed by atoms with Gasteiger partial charge in [0.25, 0.3) is 0 Å². The van der Waals surface area contributed by atoms with Crippen LogP contribution >= 0.6 is 0 Å². The second-order valence-corrected chi connectivity index (χ2v) is 14.3. The summed E-state index contributed by atoms with van der Waals surface area (Å²) in [6, 6.07) is 59.6. The number of nitrogens with zero attached hydrogens (tertiary/aromatic N) is 3. The number of fused-ring (bicyclic) bond motifs is 2. The fourth-order valence-electron chi connectivity index (χ4n) is 8.20. The van der Waals surface area contributed by atoms with E-state index in [1.807, 2.05) is 0 Å². The highest BCUT2D eigenvalue weighted by atomic mass is 15.3. The Balaban J connectivity index is 1.28. The highest BCUT2D eigenvalue weighted by Crippen LogP contribution is 2.50. The Morgan fingerprint density at radius 1 is 0.358 bits per heavy atom. The number of benzene rings is 7. The van der Waals surface area contributed by atoms with Crippen LogP contribution in [0.5, 0.6) is 0 Å². The van der Waals surface area contributed by atoms with Crippen LogP contribution in [-0.4, -0.2) is 30.7 Å². The molecule has 0 fully saturated rings. The number of unbranched alkanes of at least 4 members (excludes halogenated alkanes) is 3. The van der Waals surface area contributed by atoms with E-state index >= 15 is 0 Å². The van der Waals surface area contributed by atoms with Gasteiger partial charge in [0, 0.05) is 44.3 Å². The maximum Gasteiger partial charge on any atom is 0.0786 e. The lowest BCUT2D eigenvalue weighted by Crippen LogP contribution is -2.48. The van der Waals surface area contributed by atoms with E-state index in [9.17, 15) is 0 Å². The van der Waals surface area contributed by atoms with Gasteiger partial charge in [-0.25, -0.2) is 0 Å². The van der Waals surface area contributed by atoms with Crippen LogP contribution in [0.4, 0.5) is 34.1 Å². The molecule has 0 bridgehead atoms. The van der Waals surface area contributed by atoms with Gasteiger partial charge >= 0.3 is 0 Å². The molecule has 7 aromatic carbocycles. The number of hydrogen-bond donors (Lipinski definition) is 0. The molecule has 0 unspecified atom stereocenters. The molecule has 0 atom stereocenters. The number of rotatable bonds is 16. The van der Waals surface area contributed by atoms with Crippen molar-refractivity contribution in [1.29, 1.82) is 0 Å². The lowest BCUT2D eigenvalue weighted by molar-refractivity contribution is -0.923. The first-order valence-corrected chi connectivity index (χ1v) is 19.8. The molecule has 0 aliphatic heterocycles. The van der Waals surface area contributed by atoms with Gasteiger partial charge < -0.3 is 14.3 Å². The molecule has 0 aliphatic rings. The van der Waals surface area contributed by atoms with Gasteiger partial charge in [0.05, 0.1) is 37.6 Å². The van der Waals surface area contributed by atoms with Crippen molar-refractivity contribution in [2.24, 2.45) is 0 Å². The fourth-order valence-corrected chi connectivity index (χ4v) is 8.20. The summed E-state index contributed by atoms with van der Waals surface area (Å²) in [6.07, 6.45) is 6.30. The number of anilines is 6. The Kier molecular flexibility index (Phi) is 11.5. The van der Waals surface area contributed by atoms with Crippen LogP contribution < -0.4 is 9.80 Å². The summed E-state index contributed by atoms with van der Waals surface area (Å²) >= 11 is 0. The first-order chi connectivity index (χ1) is 26.2. The molecule has 0 amide bonds. The second-order valence-electron chi connectivity index (χ2n) is 14.3. The van der Waals surface area contributed by atoms with E-state index in [-0.39, 0.29) is 0 Å². The van der Waals surface area contributed by atoms with Gasteiger partial charge in [-0.1, -0.05) is 122 Å². The zero-order valence-electron chi connectivity index (χ0n) is 31.8.